The molecule has 0 amide bonds. The van der Waals surface area contributed by atoms with Gasteiger partial charge in [0.25, 0.3) is 0 Å². The summed E-state index contributed by atoms with van der Waals surface area (Å²) in [6, 6.07) is 1.75. The van der Waals surface area contributed by atoms with Crippen molar-refractivity contribution in [3.8, 4) is 0 Å². The van der Waals surface area contributed by atoms with Gasteiger partial charge < -0.3 is 9.26 Å². The first-order chi connectivity index (χ1) is 6.79. The molecule has 1 aliphatic rings. The summed E-state index contributed by atoms with van der Waals surface area (Å²) in [6.45, 7) is 2.23. The highest BCUT2D eigenvalue weighted by atomic mass is 16.5. The van der Waals surface area contributed by atoms with Gasteiger partial charge >= 0.3 is 5.97 Å². The Balaban J connectivity index is 2.22. The van der Waals surface area contributed by atoms with Crippen molar-refractivity contribution in [2.24, 2.45) is 0 Å². The van der Waals surface area contributed by atoms with Gasteiger partial charge in [0.2, 0.25) is 0 Å². The molecular weight excluding hydrogens is 182 g/mol. The van der Waals surface area contributed by atoms with Gasteiger partial charge in [-0.3, -0.25) is 4.79 Å². The Kier molecular flexibility index (Phi) is 2.27. The minimum Gasteiger partial charge on any atom is -0.465 e. The average Bonchev–Trinajstić information content (AvgIpc) is 2.56. The number of carbonyl (C=O) groups is 1. The highest BCUT2D eigenvalue weighted by molar-refractivity contribution is 5.83. The molecule has 0 spiro atoms. The van der Waals surface area contributed by atoms with Crippen LogP contribution in [0.25, 0.3) is 0 Å². The molecule has 1 aromatic rings. The lowest BCUT2D eigenvalue weighted by molar-refractivity contribution is -0.154. The van der Waals surface area contributed by atoms with E-state index in [1.54, 1.807) is 6.07 Å². The van der Waals surface area contributed by atoms with Crippen molar-refractivity contribution in [2.75, 3.05) is 6.61 Å². The van der Waals surface area contributed by atoms with E-state index in [-0.39, 0.29) is 5.97 Å². The lowest BCUT2D eigenvalue weighted by Gasteiger charge is -2.37. The highest BCUT2D eigenvalue weighted by Gasteiger charge is 2.49. The molecule has 0 aromatic carbocycles. The van der Waals surface area contributed by atoms with Gasteiger partial charge in [-0.05, 0) is 19.8 Å². The van der Waals surface area contributed by atoms with Crippen LogP contribution in [0, 0.1) is 0 Å². The SMILES string of the molecule is CCOC(=O)C1(c2ccon2)CCC1. The van der Waals surface area contributed by atoms with E-state index in [4.69, 9.17) is 9.26 Å². The molecule has 1 aromatic heterocycles. The van der Waals surface area contributed by atoms with E-state index < -0.39 is 5.41 Å². The van der Waals surface area contributed by atoms with Gasteiger partial charge in [0.05, 0.1) is 6.61 Å². The van der Waals surface area contributed by atoms with Gasteiger partial charge in [-0.2, -0.15) is 0 Å². The number of hydrogen-bond acceptors (Lipinski definition) is 4. The molecule has 2 rings (SSSR count). The molecule has 0 radical (unpaired) electrons. The van der Waals surface area contributed by atoms with E-state index >= 15 is 0 Å². The summed E-state index contributed by atoms with van der Waals surface area (Å²) in [7, 11) is 0. The zero-order chi connectivity index (χ0) is 10.0. The van der Waals surface area contributed by atoms with Crippen LogP contribution in [-0.2, 0) is 14.9 Å². The third-order valence-electron chi connectivity index (χ3n) is 2.80. The third-order valence-corrected chi connectivity index (χ3v) is 2.80. The minimum absolute atomic E-state index is 0.167. The molecule has 1 saturated carbocycles. The molecule has 1 heterocycles. The summed E-state index contributed by atoms with van der Waals surface area (Å²) in [5.41, 5.74) is 0.199. The normalized spacial score (nSPS) is 18.6. The zero-order valence-electron chi connectivity index (χ0n) is 8.16. The molecule has 0 N–H and O–H groups in total. The van der Waals surface area contributed by atoms with Crippen LogP contribution in [0.5, 0.6) is 0 Å². The molecule has 0 bridgehead atoms. The van der Waals surface area contributed by atoms with Crippen molar-refractivity contribution in [1.29, 1.82) is 0 Å². The van der Waals surface area contributed by atoms with Crippen LogP contribution in [0.3, 0.4) is 0 Å². The number of hydrogen-bond donors (Lipinski definition) is 0. The van der Waals surface area contributed by atoms with E-state index in [1.165, 1.54) is 6.26 Å². The molecule has 14 heavy (non-hydrogen) atoms. The molecule has 1 fully saturated rings. The van der Waals surface area contributed by atoms with Crippen molar-refractivity contribution >= 4 is 5.97 Å². The first-order valence-corrected chi connectivity index (χ1v) is 4.88. The van der Waals surface area contributed by atoms with Gasteiger partial charge in [-0.1, -0.05) is 11.6 Å². The number of carbonyl (C=O) groups excluding carboxylic acids is 1. The van der Waals surface area contributed by atoms with Crippen LogP contribution in [-0.4, -0.2) is 17.7 Å². The Bertz CT molecular complexity index is 314. The Morgan fingerprint density at radius 1 is 1.71 bits per heavy atom. The van der Waals surface area contributed by atoms with E-state index in [9.17, 15) is 4.79 Å². The van der Waals surface area contributed by atoms with Crippen LogP contribution in [0.1, 0.15) is 31.9 Å². The summed E-state index contributed by atoms with van der Waals surface area (Å²) in [5, 5.41) is 3.84. The van der Waals surface area contributed by atoms with E-state index in [2.05, 4.69) is 5.16 Å². The summed E-state index contributed by atoms with van der Waals surface area (Å²) < 4.78 is 9.82. The van der Waals surface area contributed by atoms with E-state index in [0.717, 1.165) is 19.3 Å². The Hall–Kier alpha value is -1.32. The molecular formula is C10H13NO3. The zero-order valence-corrected chi connectivity index (χ0v) is 8.16. The van der Waals surface area contributed by atoms with Crippen LogP contribution in [0.2, 0.25) is 0 Å². The maximum Gasteiger partial charge on any atom is 0.318 e. The van der Waals surface area contributed by atoms with Crippen molar-refractivity contribution < 1.29 is 14.1 Å². The topological polar surface area (TPSA) is 52.3 Å². The maximum atomic E-state index is 11.7. The lowest BCUT2D eigenvalue weighted by atomic mass is 9.66. The van der Waals surface area contributed by atoms with Crippen molar-refractivity contribution in [2.45, 2.75) is 31.6 Å². The van der Waals surface area contributed by atoms with Crippen molar-refractivity contribution in [3.05, 3.63) is 18.0 Å². The Morgan fingerprint density at radius 2 is 2.50 bits per heavy atom. The number of esters is 1. The van der Waals surface area contributed by atoms with Crippen molar-refractivity contribution in [3.63, 3.8) is 0 Å². The second kappa shape index (κ2) is 3.44. The first kappa shape index (κ1) is 9.24. The molecule has 4 nitrogen and oxygen atoms in total. The summed E-state index contributed by atoms with van der Waals surface area (Å²) in [6.07, 6.45) is 4.18. The molecule has 0 aliphatic heterocycles. The van der Waals surface area contributed by atoms with Gasteiger partial charge in [0.1, 0.15) is 17.4 Å². The number of rotatable bonds is 3. The fourth-order valence-electron chi connectivity index (χ4n) is 1.82. The predicted molar refractivity (Wildman–Crippen MR) is 48.7 cm³/mol. The van der Waals surface area contributed by atoms with Gasteiger partial charge in [-0.25, -0.2) is 0 Å². The fourth-order valence-corrected chi connectivity index (χ4v) is 1.82. The van der Waals surface area contributed by atoms with Crippen molar-refractivity contribution in [1.82, 2.24) is 5.16 Å². The Morgan fingerprint density at radius 3 is 2.93 bits per heavy atom. The second-order valence-corrected chi connectivity index (χ2v) is 3.54. The number of nitrogens with zero attached hydrogens (tertiary/aromatic N) is 1. The molecule has 76 valence electrons. The summed E-state index contributed by atoms with van der Waals surface area (Å²) >= 11 is 0. The van der Waals surface area contributed by atoms with Crippen LogP contribution in [0.4, 0.5) is 0 Å². The summed E-state index contributed by atoms with van der Waals surface area (Å²) in [4.78, 5) is 11.7. The predicted octanol–water partition coefficient (Wildman–Crippen LogP) is 1.66. The lowest BCUT2D eigenvalue weighted by Crippen LogP contribution is -2.44. The molecule has 0 unspecified atom stereocenters. The highest BCUT2D eigenvalue weighted by Crippen LogP contribution is 2.43. The quantitative estimate of drug-likeness (QED) is 0.688. The standard InChI is InChI=1S/C10H13NO3/c1-2-13-9(12)10(5-3-6-10)8-4-7-14-11-8/h4,7H,2-3,5-6H2,1H3. The number of aromatic nitrogens is 1. The monoisotopic (exact) mass is 195 g/mol. The molecule has 0 atom stereocenters. The largest absolute Gasteiger partial charge is 0.465 e. The molecule has 0 saturated heterocycles. The van der Waals surface area contributed by atoms with Crippen LogP contribution < -0.4 is 0 Å². The van der Waals surface area contributed by atoms with E-state index in [0.29, 0.717) is 12.3 Å². The van der Waals surface area contributed by atoms with Gasteiger partial charge in [-0.15, -0.1) is 0 Å². The maximum absolute atomic E-state index is 11.7. The second-order valence-electron chi connectivity index (χ2n) is 3.54. The van der Waals surface area contributed by atoms with Crippen LogP contribution >= 0.6 is 0 Å². The average molecular weight is 195 g/mol. The first-order valence-electron chi connectivity index (χ1n) is 4.88. The van der Waals surface area contributed by atoms with Crippen LogP contribution in [0.15, 0.2) is 16.9 Å². The van der Waals surface area contributed by atoms with E-state index in [1.807, 2.05) is 6.92 Å². The Labute approximate surface area is 82.2 Å². The smallest absolute Gasteiger partial charge is 0.318 e. The molecule has 4 heteroatoms. The summed E-state index contributed by atoms with van der Waals surface area (Å²) in [5.74, 6) is -0.167. The molecule has 1 aliphatic carbocycles. The third kappa shape index (κ3) is 1.22. The fraction of sp³-hybridized carbons (Fsp3) is 0.600. The minimum atomic E-state index is -0.511. The number of ether oxygens (including phenoxy) is 1. The van der Waals surface area contributed by atoms with Gasteiger partial charge in [0, 0.05) is 6.07 Å². The van der Waals surface area contributed by atoms with Gasteiger partial charge in [0.15, 0.2) is 0 Å².